The molecule has 2 N–H and O–H groups in total. The summed E-state index contributed by atoms with van der Waals surface area (Å²) in [7, 11) is 0. The van der Waals surface area contributed by atoms with E-state index in [-0.39, 0.29) is 11.9 Å². The van der Waals surface area contributed by atoms with E-state index < -0.39 is 6.04 Å². The van der Waals surface area contributed by atoms with Crippen LogP contribution in [0.5, 0.6) is 0 Å². The van der Waals surface area contributed by atoms with Crippen LogP contribution in [0.25, 0.3) is 0 Å². The zero-order chi connectivity index (χ0) is 12.4. The van der Waals surface area contributed by atoms with E-state index in [1.165, 1.54) is 0 Å². The van der Waals surface area contributed by atoms with Crippen LogP contribution in [0.1, 0.15) is 25.5 Å². The van der Waals surface area contributed by atoms with Crippen molar-refractivity contribution in [2.45, 2.75) is 25.9 Å². The van der Waals surface area contributed by atoms with Crippen LogP contribution in [0, 0.1) is 0 Å². The summed E-state index contributed by atoms with van der Waals surface area (Å²) in [5.41, 5.74) is 0.801. The second kappa shape index (κ2) is 4.75. The summed E-state index contributed by atoms with van der Waals surface area (Å²) in [6, 6.07) is 6.91. The number of hydrogen-bond donors (Lipinski definition) is 2. The van der Waals surface area contributed by atoms with Gasteiger partial charge in [0.05, 0.1) is 0 Å². The van der Waals surface area contributed by atoms with Gasteiger partial charge in [-0.15, -0.1) is 0 Å². The standard InChI is InChI=1S/C12H14ClN3O/c1-7(2)14-12-15-10(11(17)16-12)8-4-3-5-9(13)6-8/h3-7,10H,1-2H3,(H2,14,15,16,17). The number of halogens is 1. The van der Waals surface area contributed by atoms with E-state index in [9.17, 15) is 4.79 Å². The van der Waals surface area contributed by atoms with Gasteiger partial charge in [0.2, 0.25) is 0 Å². The average Bonchev–Trinajstić information content (AvgIpc) is 2.58. The maximum Gasteiger partial charge on any atom is 0.256 e. The highest BCUT2D eigenvalue weighted by atomic mass is 35.5. The first-order chi connectivity index (χ1) is 8.06. The third kappa shape index (κ3) is 2.77. The number of benzene rings is 1. The van der Waals surface area contributed by atoms with Crippen molar-refractivity contribution in [3.8, 4) is 0 Å². The summed E-state index contributed by atoms with van der Waals surface area (Å²) in [5.74, 6) is 0.394. The van der Waals surface area contributed by atoms with Crippen molar-refractivity contribution in [3.63, 3.8) is 0 Å². The molecular weight excluding hydrogens is 238 g/mol. The Labute approximate surface area is 105 Å². The molecule has 4 nitrogen and oxygen atoms in total. The molecule has 1 aliphatic heterocycles. The number of aliphatic imine (C=N–C) groups is 1. The minimum atomic E-state index is -0.505. The van der Waals surface area contributed by atoms with Gasteiger partial charge in [-0.2, -0.15) is 0 Å². The topological polar surface area (TPSA) is 53.5 Å². The third-order valence-corrected chi connectivity index (χ3v) is 2.57. The van der Waals surface area contributed by atoms with E-state index in [1.54, 1.807) is 12.1 Å². The molecule has 2 rings (SSSR count). The van der Waals surface area contributed by atoms with Crippen LogP contribution < -0.4 is 10.6 Å². The fourth-order valence-corrected chi connectivity index (χ4v) is 1.85. The van der Waals surface area contributed by atoms with Gasteiger partial charge in [-0.3, -0.25) is 10.1 Å². The normalized spacial score (nSPS) is 19.2. The van der Waals surface area contributed by atoms with Gasteiger partial charge < -0.3 is 5.32 Å². The van der Waals surface area contributed by atoms with Gasteiger partial charge in [-0.05, 0) is 31.5 Å². The van der Waals surface area contributed by atoms with E-state index in [2.05, 4.69) is 15.6 Å². The second-order valence-corrected chi connectivity index (χ2v) is 4.66. The number of carbonyl (C=O) groups is 1. The predicted octanol–water partition coefficient (Wildman–Crippen LogP) is 1.86. The summed E-state index contributed by atoms with van der Waals surface area (Å²) < 4.78 is 0. The van der Waals surface area contributed by atoms with Crippen LogP contribution >= 0.6 is 11.6 Å². The minimum absolute atomic E-state index is 0.129. The molecule has 1 heterocycles. The van der Waals surface area contributed by atoms with Gasteiger partial charge in [0.1, 0.15) is 0 Å². The molecule has 0 spiro atoms. The van der Waals surface area contributed by atoms with Crippen LogP contribution in [0.15, 0.2) is 29.3 Å². The van der Waals surface area contributed by atoms with Crippen molar-refractivity contribution < 1.29 is 4.79 Å². The number of nitrogens with one attached hydrogen (secondary N) is 2. The zero-order valence-electron chi connectivity index (χ0n) is 9.70. The molecule has 0 radical (unpaired) electrons. The van der Waals surface area contributed by atoms with E-state index in [0.29, 0.717) is 11.0 Å². The van der Waals surface area contributed by atoms with E-state index in [0.717, 1.165) is 5.56 Å². The fourth-order valence-electron chi connectivity index (χ4n) is 1.65. The summed E-state index contributed by atoms with van der Waals surface area (Å²) in [6.45, 7) is 3.97. The van der Waals surface area contributed by atoms with Crippen molar-refractivity contribution >= 4 is 23.5 Å². The van der Waals surface area contributed by atoms with Crippen LogP contribution in [-0.4, -0.2) is 17.9 Å². The van der Waals surface area contributed by atoms with Crippen LogP contribution in [-0.2, 0) is 4.79 Å². The Bertz CT molecular complexity index is 471. The molecular formula is C12H14ClN3O. The summed E-state index contributed by atoms with van der Waals surface area (Å²) in [5, 5.41) is 6.39. The molecule has 0 fully saturated rings. The van der Waals surface area contributed by atoms with Crippen molar-refractivity contribution in [2.75, 3.05) is 0 Å². The number of guanidine groups is 1. The molecule has 17 heavy (non-hydrogen) atoms. The smallest absolute Gasteiger partial charge is 0.256 e. The van der Waals surface area contributed by atoms with Gasteiger partial charge in [-0.25, -0.2) is 4.99 Å². The molecule has 5 heteroatoms. The lowest BCUT2D eigenvalue weighted by Gasteiger charge is -2.07. The first kappa shape index (κ1) is 11.9. The molecule has 0 aromatic heterocycles. The first-order valence-electron chi connectivity index (χ1n) is 5.47. The van der Waals surface area contributed by atoms with E-state index >= 15 is 0 Å². The molecule has 1 aromatic rings. The quantitative estimate of drug-likeness (QED) is 0.843. The predicted molar refractivity (Wildman–Crippen MR) is 68.0 cm³/mol. The molecule has 1 aromatic carbocycles. The van der Waals surface area contributed by atoms with E-state index in [4.69, 9.17) is 11.6 Å². The molecule has 1 atom stereocenters. The number of carbonyl (C=O) groups excluding carboxylic acids is 1. The Kier molecular flexibility index (Phi) is 3.33. The lowest BCUT2D eigenvalue weighted by Crippen LogP contribution is -2.40. The minimum Gasteiger partial charge on any atom is -0.354 e. The van der Waals surface area contributed by atoms with Gasteiger partial charge in [0.15, 0.2) is 12.0 Å². The Morgan fingerprint density at radius 1 is 1.47 bits per heavy atom. The summed E-state index contributed by atoms with van der Waals surface area (Å²) in [6.07, 6.45) is 0. The lowest BCUT2D eigenvalue weighted by molar-refractivity contribution is -0.120. The Morgan fingerprint density at radius 3 is 2.88 bits per heavy atom. The molecule has 0 bridgehead atoms. The maximum atomic E-state index is 11.8. The van der Waals surface area contributed by atoms with Gasteiger partial charge in [0, 0.05) is 11.1 Å². The number of hydrogen-bond acceptors (Lipinski definition) is 3. The molecule has 1 amide bonds. The SMILES string of the molecule is CC(C)NC1=NC(c2cccc(Cl)c2)C(=O)N1. The summed E-state index contributed by atoms with van der Waals surface area (Å²) >= 11 is 5.90. The summed E-state index contributed by atoms with van der Waals surface area (Å²) in [4.78, 5) is 16.1. The van der Waals surface area contributed by atoms with E-state index in [1.807, 2.05) is 26.0 Å². The average molecular weight is 252 g/mol. The fraction of sp³-hybridized carbons (Fsp3) is 0.333. The zero-order valence-corrected chi connectivity index (χ0v) is 10.5. The third-order valence-electron chi connectivity index (χ3n) is 2.34. The largest absolute Gasteiger partial charge is 0.354 e. The van der Waals surface area contributed by atoms with Crippen molar-refractivity contribution in [1.82, 2.24) is 10.6 Å². The van der Waals surface area contributed by atoms with Crippen molar-refractivity contribution in [2.24, 2.45) is 4.99 Å². The first-order valence-corrected chi connectivity index (χ1v) is 5.84. The van der Waals surface area contributed by atoms with Gasteiger partial charge in [0.25, 0.3) is 5.91 Å². The number of nitrogens with zero attached hydrogens (tertiary/aromatic N) is 1. The molecule has 1 aliphatic rings. The number of rotatable bonds is 2. The Balaban J connectivity index is 2.21. The highest BCUT2D eigenvalue weighted by molar-refractivity contribution is 6.30. The second-order valence-electron chi connectivity index (χ2n) is 4.22. The Hall–Kier alpha value is -1.55. The van der Waals surface area contributed by atoms with Crippen molar-refractivity contribution in [3.05, 3.63) is 34.9 Å². The van der Waals surface area contributed by atoms with Crippen LogP contribution in [0.2, 0.25) is 5.02 Å². The molecule has 90 valence electrons. The molecule has 0 saturated carbocycles. The maximum absolute atomic E-state index is 11.8. The Morgan fingerprint density at radius 2 is 2.24 bits per heavy atom. The molecule has 0 aliphatic carbocycles. The highest BCUT2D eigenvalue weighted by Gasteiger charge is 2.28. The number of amides is 1. The van der Waals surface area contributed by atoms with Gasteiger partial charge in [-0.1, -0.05) is 23.7 Å². The highest BCUT2D eigenvalue weighted by Crippen LogP contribution is 2.23. The van der Waals surface area contributed by atoms with Crippen molar-refractivity contribution in [1.29, 1.82) is 0 Å². The van der Waals surface area contributed by atoms with Gasteiger partial charge >= 0.3 is 0 Å². The monoisotopic (exact) mass is 251 g/mol. The molecule has 1 unspecified atom stereocenters. The van der Waals surface area contributed by atoms with Crippen LogP contribution in [0.3, 0.4) is 0 Å². The molecule has 0 saturated heterocycles. The lowest BCUT2D eigenvalue weighted by atomic mass is 10.1. The van der Waals surface area contributed by atoms with Crippen LogP contribution in [0.4, 0.5) is 0 Å².